The summed E-state index contributed by atoms with van der Waals surface area (Å²) >= 11 is 0. The zero-order chi connectivity index (χ0) is 31.0. The lowest BCUT2D eigenvalue weighted by molar-refractivity contribution is -0.159. The minimum atomic E-state index is -1.82. The number of aliphatic hydroxyl groups is 1. The first-order chi connectivity index (χ1) is 20.6. The van der Waals surface area contributed by atoms with Crippen molar-refractivity contribution in [2.45, 2.75) is 37.5 Å². The Morgan fingerprint density at radius 1 is 0.837 bits per heavy atom. The Bertz CT molecular complexity index is 1320. The molecule has 0 bridgehead atoms. The molecule has 0 radical (unpaired) electrons. The first-order valence-corrected chi connectivity index (χ1v) is 14.0. The standard InChI is InChI=1S/C30H32F2N2O3.C2H2O4/c31-26-10-6-23(7-11-26)30(36,24-8-12-27(32)13-9-24)25-14-17-33(18-15-25)19-16-28-21-34(29(35)37-28)20-22-4-2-1-3-5-22;3-1(4)2(5)6/h1-13,25,28,36H,14-21H2;(H,3,4)(H,5,6). The Hall–Kier alpha value is -4.35. The number of carboxylic acid groups (broad SMARTS) is 2. The molecule has 0 saturated carbocycles. The fraction of sp³-hybridized carbons (Fsp3) is 0.344. The van der Waals surface area contributed by atoms with Gasteiger partial charge in [-0.3, -0.25) is 0 Å². The number of amides is 1. The van der Waals surface area contributed by atoms with E-state index in [0.29, 0.717) is 24.2 Å². The van der Waals surface area contributed by atoms with Crippen molar-refractivity contribution in [3.8, 4) is 0 Å². The molecule has 0 aromatic heterocycles. The molecule has 9 nitrogen and oxygen atoms in total. The van der Waals surface area contributed by atoms with Crippen molar-refractivity contribution in [1.82, 2.24) is 9.80 Å². The largest absolute Gasteiger partial charge is 0.473 e. The topological polar surface area (TPSA) is 128 Å². The van der Waals surface area contributed by atoms with Gasteiger partial charge in [0.05, 0.1) is 6.54 Å². The quantitative estimate of drug-likeness (QED) is 0.325. The highest BCUT2D eigenvalue weighted by atomic mass is 19.1. The Morgan fingerprint density at radius 3 is 1.84 bits per heavy atom. The predicted octanol–water partition coefficient (Wildman–Crippen LogP) is 4.48. The number of nitrogens with zero attached hydrogens (tertiary/aromatic N) is 2. The number of piperidine rings is 1. The first kappa shape index (κ1) is 31.6. The van der Waals surface area contributed by atoms with Gasteiger partial charge < -0.3 is 29.9 Å². The van der Waals surface area contributed by atoms with Gasteiger partial charge in [-0.2, -0.15) is 0 Å². The third-order valence-electron chi connectivity index (χ3n) is 7.86. The van der Waals surface area contributed by atoms with Crippen molar-refractivity contribution in [3.63, 3.8) is 0 Å². The molecule has 11 heteroatoms. The summed E-state index contributed by atoms with van der Waals surface area (Å²) in [6.45, 7) is 3.49. The normalized spacial score (nSPS) is 17.6. The van der Waals surface area contributed by atoms with Gasteiger partial charge in [0.1, 0.15) is 23.3 Å². The molecule has 3 aromatic rings. The number of likely N-dealkylation sites (tertiary alicyclic amines) is 1. The lowest BCUT2D eigenvalue weighted by atomic mass is 9.72. The van der Waals surface area contributed by atoms with E-state index in [-0.39, 0.29) is 29.7 Å². The molecule has 0 aliphatic carbocycles. The number of hydrogen-bond donors (Lipinski definition) is 3. The summed E-state index contributed by atoms with van der Waals surface area (Å²) in [5, 5.41) is 26.8. The average molecular weight is 597 g/mol. The number of carbonyl (C=O) groups excluding carboxylic acids is 1. The van der Waals surface area contributed by atoms with Gasteiger partial charge in [-0.25, -0.2) is 23.2 Å². The second-order valence-corrected chi connectivity index (χ2v) is 10.7. The van der Waals surface area contributed by atoms with Crippen molar-refractivity contribution in [2.24, 2.45) is 5.92 Å². The molecule has 1 atom stereocenters. The molecule has 2 saturated heterocycles. The van der Waals surface area contributed by atoms with Crippen LogP contribution in [0.3, 0.4) is 0 Å². The molecule has 228 valence electrons. The average Bonchev–Trinajstić information content (AvgIpc) is 3.36. The summed E-state index contributed by atoms with van der Waals surface area (Å²) < 4.78 is 32.9. The van der Waals surface area contributed by atoms with Crippen molar-refractivity contribution >= 4 is 18.0 Å². The Balaban J connectivity index is 0.000000641. The van der Waals surface area contributed by atoms with E-state index in [1.165, 1.54) is 24.3 Å². The van der Waals surface area contributed by atoms with E-state index in [9.17, 15) is 18.7 Å². The molecule has 3 aromatic carbocycles. The number of aliphatic carboxylic acids is 2. The molecule has 2 aliphatic heterocycles. The number of ether oxygens (including phenoxy) is 1. The van der Waals surface area contributed by atoms with Gasteiger partial charge in [0.15, 0.2) is 0 Å². The minimum Gasteiger partial charge on any atom is -0.473 e. The third kappa shape index (κ3) is 8.14. The number of benzene rings is 3. The van der Waals surface area contributed by atoms with Gasteiger partial charge in [0.25, 0.3) is 0 Å². The van der Waals surface area contributed by atoms with Crippen molar-refractivity contribution in [1.29, 1.82) is 0 Å². The van der Waals surface area contributed by atoms with E-state index in [1.807, 2.05) is 30.3 Å². The maximum Gasteiger partial charge on any atom is 0.414 e. The van der Waals surface area contributed by atoms with Gasteiger partial charge in [0, 0.05) is 13.1 Å². The Kier molecular flexibility index (Phi) is 10.4. The van der Waals surface area contributed by atoms with Gasteiger partial charge in [0.2, 0.25) is 0 Å². The van der Waals surface area contributed by atoms with Crippen LogP contribution >= 0.6 is 0 Å². The molecular formula is C32H34F2N2O7. The van der Waals surface area contributed by atoms with Crippen molar-refractivity contribution < 1.29 is 43.2 Å². The predicted molar refractivity (Wildman–Crippen MR) is 152 cm³/mol. The lowest BCUT2D eigenvalue weighted by Crippen LogP contribution is -2.44. The minimum absolute atomic E-state index is 0.106. The third-order valence-corrected chi connectivity index (χ3v) is 7.86. The molecular weight excluding hydrogens is 562 g/mol. The van der Waals surface area contributed by atoms with E-state index in [1.54, 1.807) is 29.2 Å². The van der Waals surface area contributed by atoms with Gasteiger partial charge in [-0.15, -0.1) is 0 Å². The van der Waals surface area contributed by atoms with Crippen LogP contribution in [0.5, 0.6) is 0 Å². The Labute approximate surface area is 247 Å². The van der Waals surface area contributed by atoms with Crippen LogP contribution in [0.15, 0.2) is 78.9 Å². The smallest absolute Gasteiger partial charge is 0.414 e. The van der Waals surface area contributed by atoms with Crippen LogP contribution in [0, 0.1) is 17.6 Å². The van der Waals surface area contributed by atoms with E-state index in [2.05, 4.69) is 4.90 Å². The van der Waals surface area contributed by atoms with Crippen molar-refractivity contribution in [2.75, 3.05) is 26.2 Å². The van der Waals surface area contributed by atoms with Crippen LogP contribution in [0.2, 0.25) is 0 Å². The van der Waals surface area contributed by atoms with Crippen LogP contribution in [-0.2, 0) is 26.5 Å². The molecule has 2 aliphatic rings. The molecule has 2 heterocycles. The van der Waals surface area contributed by atoms with Gasteiger partial charge >= 0.3 is 18.0 Å². The zero-order valence-corrected chi connectivity index (χ0v) is 23.4. The lowest BCUT2D eigenvalue weighted by Gasteiger charge is -2.42. The van der Waals surface area contributed by atoms with E-state index in [4.69, 9.17) is 24.5 Å². The fourth-order valence-corrected chi connectivity index (χ4v) is 5.60. The molecule has 0 spiro atoms. The summed E-state index contributed by atoms with van der Waals surface area (Å²) in [5.74, 6) is -4.49. The maximum absolute atomic E-state index is 13.6. The highest BCUT2D eigenvalue weighted by Crippen LogP contribution is 2.42. The van der Waals surface area contributed by atoms with Crippen LogP contribution in [0.4, 0.5) is 13.6 Å². The first-order valence-electron chi connectivity index (χ1n) is 14.0. The number of carboxylic acids is 2. The highest BCUT2D eigenvalue weighted by Gasteiger charge is 2.42. The van der Waals surface area contributed by atoms with Crippen LogP contribution < -0.4 is 0 Å². The molecule has 43 heavy (non-hydrogen) atoms. The van der Waals surface area contributed by atoms with Crippen LogP contribution in [0.1, 0.15) is 36.0 Å². The van der Waals surface area contributed by atoms with Crippen LogP contribution in [-0.4, -0.2) is 75.4 Å². The molecule has 5 rings (SSSR count). The second-order valence-electron chi connectivity index (χ2n) is 10.7. The van der Waals surface area contributed by atoms with Gasteiger partial charge in [-0.1, -0.05) is 54.6 Å². The van der Waals surface area contributed by atoms with Crippen LogP contribution in [0.25, 0.3) is 0 Å². The van der Waals surface area contributed by atoms with E-state index >= 15 is 0 Å². The summed E-state index contributed by atoms with van der Waals surface area (Å²) in [6.07, 6.45) is 1.81. The molecule has 1 unspecified atom stereocenters. The monoisotopic (exact) mass is 596 g/mol. The summed E-state index contributed by atoms with van der Waals surface area (Å²) in [5.41, 5.74) is 0.953. The number of hydrogen-bond acceptors (Lipinski definition) is 6. The van der Waals surface area contributed by atoms with Gasteiger partial charge in [-0.05, 0) is 79.2 Å². The number of cyclic esters (lactones) is 1. The second kappa shape index (κ2) is 14.2. The highest BCUT2D eigenvalue weighted by molar-refractivity contribution is 6.27. The maximum atomic E-state index is 13.6. The Morgan fingerprint density at radius 2 is 1.35 bits per heavy atom. The SMILES string of the molecule is O=C(O)C(=O)O.O=C1OC(CCN2CCC(C(O)(c3ccc(F)cc3)c3ccc(F)cc3)CC2)CN1Cc1ccccc1. The summed E-state index contributed by atoms with van der Waals surface area (Å²) in [4.78, 5) is 34.6. The fourth-order valence-electron chi connectivity index (χ4n) is 5.60. The van der Waals surface area contributed by atoms with Crippen molar-refractivity contribution in [3.05, 3.63) is 107 Å². The molecule has 3 N–H and O–H groups in total. The zero-order valence-electron chi connectivity index (χ0n) is 23.4. The summed E-state index contributed by atoms with van der Waals surface area (Å²) in [7, 11) is 0. The molecule has 2 fully saturated rings. The summed E-state index contributed by atoms with van der Waals surface area (Å²) in [6, 6.07) is 21.7. The number of halogens is 2. The number of rotatable bonds is 8. The van der Waals surface area contributed by atoms with E-state index in [0.717, 1.165) is 44.5 Å². The molecule has 1 amide bonds. The number of carbonyl (C=O) groups is 3. The van der Waals surface area contributed by atoms with E-state index < -0.39 is 17.5 Å².